The fourth-order valence-electron chi connectivity index (χ4n) is 4.97. The van der Waals surface area contributed by atoms with Crippen molar-refractivity contribution < 1.29 is 50.1 Å². The van der Waals surface area contributed by atoms with Crippen LogP contribution in [0.4, 0.5) is 35.5 Å². The molecule has 0 saturated carbocycles. The smallest absolute Gasteiger partial charge is 0.416 e. The van der Waals surface area contributed by atoms with Gasteiger partial charge in [-0.05, 0) is 73.9 Å². The Bertz CT molecular complexity index is 1340. The van der Waals surface area contributed by atoms with Crippen molar-refractivity contribution in [3.8, 4) is 5.75 Å². The summed E-state index contributed by atoms with van der Waals surface area (Å²) in [7, 11) is 1.49. The SMILES string of the molecule is COc1ccc(CN2C(=O)N[C@](COC(C)(C)c3cc(C(F)(F)F)cc(C(F)(F)F)c3)(C3C=CC(F)=CC3)[C@@H]2O)cc1. The van der Waals surface area contributed by atoms with Crippen LogP contribution in [0.25, 0.3) is 0 Å². The number of methoxy groups -OCH3 is 1. The Morgan fingerprint density at radius 2 is 1.57 bits per heavy atom. The van der Waals surface area contributed by atoms with E-state index in [4.69, 9.17) is 9.47 Å². The van der Waals surface area contributed by atoms with E-state index in [1.807, 2.05) is 0 Å². The molecule has 2 aliphatic rings. The molecule has 228 valence electrons. The van der Waals surface area contributed by atoms with E-state index >= 15 is 0 Å². The molecule has 2 aromatic rings. The third-order valence-electron chi connectivity index (χ3n) is 7.54. The topological polar surface area (TPSA) is 71.0 Å². The van der Waals surface area contributed by atoms with E-state index in [2.05, 4.69) is 5.32 Å². The molecule has 13 heteroatoms. The summed E-state index contributed by atoms with van der Waals surface area (Å²) in [6.07, 6.45) is -7.85. The Labute approximate surface area is 237 Å². The van der Waals surface area contributed by atoms with Crippen molar-refractivity contribution in [1.82, 2.24) is 10.2 Å². The van der Waals surface area contributed by atoms with Gasteiger partial charge in [0.25, 0.3) is 0 Å². The molecule has 2 amide bonds. The Kier molecular flexibility index (Phi) is 8.40. The summed E-state index contributed by atoms with van der Waals surface area (Å²) >= 11 is 0. The summed E-state index contributed by atoms with van der Waals surface area (Å²) in [5, 5.41) is 14.2. The minimum absolute atomic E-state index is 0.0206. The monoisotopic (exact) mass is 602 g/mol. The first-order valence-corrected chi connectivity index (χ1v) is 12.8. The number of halogens is 7. The molecule has 6 nitrogen and oxygen atoms in total. The van der Waals surface area contributed by atoms with Crippen molar-refractivity contribution in [2.45, 2.75) is 56.5 Å². The minimum Gasteiger partial charge on any atom is -0.497 e. The highest BCUT2D eigenvalue weighted by molar-refractivity contribution is 5.78. The lowest BCUT2D eigenvalue weighted by atomic mass is 9.79. The number of hydrogen-bond acceptors (Lipinski definition) is 4. The first-order valence-electron chi connectivity index (χ1n) is 12.8. The predicted octanol–water partition coefficient (Wildman–Crippen LogP) is 6.70. The molecule has 1 unspecified atom stereocenters. The maximum atomic E-state index is 13.8. The number of aliphatic hydroxyl groups is 1. The van der Waals surface area contributed by atoms with Crippen LogP contribution in [-0.4, -0.2) is 41.5 Å². The highest BCUT2D eigenvalue weighted by Gasteiger charge is 2.55. The van der Waals surface area contributed by atoms with Crippen LogP contribution >= 0.6 is 0 Å². The number of amides is 2. The van der Waals surface area contributed by atoms with Gasteiger partial charge in [0.1, 0.15) is 17.1 Å². The van der Waals surface area contributed by atoms with Crippen molar-refractivity contribution in [2.24, 2.45) is 5.92 Å². The Morgan fingerprint density at radius 1 is 1.00 bits per heavy atom. The molecule has 4 rings (SSSR count). The summed E-state index contributed by atoms with van der Waals surface area (Å²) < 4.78 is 106. The fourth-order valence-corrected chi connectivity index (χ4v) is 4.97. The lowest BCUT2D eigenvalue weighted by molar-refractivity contribution is -0.143. The number of alkyl halides is 6. The molecule has 0 bridgehead atoms. The van der Waals surface area contributed by atoms with E-state index < -0.39 is 70.8 Å². The molecule has 0 radical (unpaired) electrons. The van der Waals surface area contributed by atoms with Gasteiger partial charge in [-0.1, -0.05) is 18.2 Å². The summed E-state index contributed by atoms with van der Waals surface area (Å²) in [4.78, 5) is 14.3. The second kappa shape index (κ2) is 11.3. The molecule has 1 aliphatic heterocycles. The zero-order valence-corrected chi connectivity index (χ0v) is 22.8. The quantitative estimate of drug-likeness (QED) is 0.330. The van der Waals surface area contributed by atoms with Crippen LogP contribution in [0.15, 0.2) is 66.5 Å². The van der Waals surface area contributed by atoms with Gasteiger partial charge in [-0.15, -0.1) is 0 Å². The van der Waals surface area contributed by atoms with Crippen LogP contribution in [0.1, 0.15) is 42.5 Å². The van der Waals surface area contributed by atoms with E-state index in [1.54, 1.807) is 24.3 Å². The summed E-state index contributed by atoms with van der Waals surface area (Å²) in [5.74, 6) is -0.709. The Hall–Kier alpha value is -3.58. The molecule has 0 spiro atoms. The highest BCUT2D eigenvalue weighted by atomic mass is 19.4. The maximum Gasteiger partial charge on any atom is 0.416 e. The van der Waals surface area contributed by atoms with Crippen molar-refractivity contribution >= 4 is 6.03 Å². The molecule has 42 heavy (non-hydrogen) atoms. The van der Waals surface area contributed by atoms with Crippen molar-refractivity contribution in [1.29, 1.82) is 0 Å². The van der Waals surface area contributed by atoms with Crippen LogP contribution in [0, 0.1) is 5.92 Å². The number of nitrogens with one attached hydrogen (secondary N) is 1. The first-order chi connectivity index (χ1) is 19.5. The highest BCUT2D eigenvalue weighted by Crippen LogP contribution is 2.42. The number of carbonyl (C=O) groups is 1. The number of rotatable bonds is 8. The van der Waals surface area contributed by atoms with Gasteiger partial charge >= 0.3 is 18.4 Å². The first kappa shape index (κ1) is 31.4. The van der Waals surface area contributed by atoms with Crippen molar-refractivity contribution in [2.75, 3.05) is 13.7 Å². The van der Waals surface area contributed by atoms with Gasteiger partial charge in [-0.2, -0.15) is 26.3 Å². The fraction of sp³-hybridized carbons (Fsp3) is 0.414. The lowest BCUT2D eigenvalue weighted by Gasteiger charge is -2.41. The van der Waals surface area contributed by atoms with Crippen molar-refractivity contribution in [3.63, 3.8) is 0 Å². The second-order valence-electron chi connectivity index (χ2n) is 10.7. The van der Waals surface area contributed by atoms with Gasteiger partial charge in [0.2, 0.25) is 0 Å². The summed E-state index contributed by atoms with van der Waals surface area (Å²) in [6.45, 7) is 1.98. The average Bonchev–Trinajstić information content (AvgIpc) is 3.16. The van der Waals surface area contributed by atoms with Crippen LogP contribution < -0.4 is 10.1 Å². The second-order valence-corrected chi connectivity index (χ2v) is 10.7. The zero-order valence-electron chi connectivity index (χ0n) is 22.8. The molecule has 1 fully saturated rings. The number of allylic oxidation sites excluding steroid dienone is 3. The molecular weight excluding hydrogens is 573 g/mol. The van der Waals surface area contributed by atoms with E-state index in [0.29, 0.717) is 23.4 Å². The predicted molar refractivity (Wildman–Crippen MR) is 138 cm³/mol. The zero-order chi connectivity index (χ0) is 31.1. The Balaban J connectivity index is 1.67. The molecule has 1 saturated heterocycles. The molecule has 3 atom stereocenters. The van der Waals surface area contributed by atoms with E-state index in [-0.39, 0.29) is 19.0 Å². The number of ether oxygens (including phenoxy) is 2. The Morgan fingerprint density at radius 3 is 2.07 bits per heavy atom. The minimum atomic E-state index is -5.06. The standard InChI is InChI=1S/C29H29F7N2O4/c1-26(2,19-12-20(28(31,32)33)14-21(13-19)29(34,35)36)42-16-27(18-6-8-22(30)9-7-18)24(39)38(25(40)37-27)15-17-4-10-23(41-3)11-5-17/h4-6,8-14,18,24,39H,7,15-16H2,1-3H3,(H,37,40)/t18?,24-,27+/m0/s1. The number of benzene rings is 2. The van der Waals surface area contributed by atoms with Crippen molar-refractivity contribution in [3.05, 3.63) is 88.8 Å². The van der Waals surface area contributed by atoms with Gasteiger partial charge in [0.05, 0.1) is 37.0 Å². The largest absolute Gasteiger partial charge is 0.497 e. The van der Waals surface area contributed by atoms with Crippen LogP contribution in [-0.2, 0) is 29.2 Å². The van der Waals surface area contributed by atoms with E-state index in [0.717, 1.165) is 11.0 Å². The molecule has 1 heterocycles. The summed E-state index contributed by atoms with van der Waals surface area (Å²) in [5.41, 5.74) is -6.18. The molecule has 2 N–H and O–H groups in total. The summed E-state index contributed by atoms with van der Waals surface area (Å²) in [6, 6.07) is 7.16. The average molecular weight is 603 g/mol. The third-order valence-corrected chi connectivity index (χ3v) is 7.54. The maximum absolute atomic E-state index is 13.8. The van der Waals surface area contributed by atoms with Crippen LogP contribution in [0.2, 0.25) is 0 Å². The molecule has 1 aliphatic carbocycles. The van der Waals surface area contributed by atoms with Gasteiger partial charge in [0.15, 0.2) is 6.23 Å². The third kappa shape index (κ3) is 6.41. The number of aliphatic hydroxyl groups excluding tert-OH is 1. The number of hydrogen-bond donors (Lipinski definition) is 2. The normalized spacial score (nSPS) is 23.2. The van der Waals surface area contributed by atoms with Crippen LogP contribution in [0.3, 0.4) is 0 Å². The van der Waals surface area contributed by atoms with E-state index in [1.165, 1.54) is 33.1 Å². The molecule has 0 aromatic heterocycles. The number of nitrogens with zero attached hydrogens (tertiary/aromatic N) is 1. The molecular formula is C29H29F7N2O4. The van der Waals surface area contributed by atoms with Gasteiger partial charge in [0, 0.05) is 5.92 Å². The lowest BCUT2D eigenvalue weighted by Crippen LogP contribution is -2.59. The van der Waals surface area contributed by atoms with Gasteiger partial charge in [-0.25, -0.2) is 9.18 Å². The van der Waals surface area contributed by atoms with Gasteiger partial charge in [-0.3, -0.25) is 4.90 Å². The number of urea groups is 1. The van der Waals surface area contributed by atoms with Gasteiger partial charge < -0.3 is 19.9 Å². The van der Waals surface area contributed by atoms with E-state index in [9.17, 15) is 40.6 Å². The number of carbonyl (C=O) groups excluding carboxylic acids is 1. The van der Waals surface area contributed by atoms with Crippen LogP contribution in [0.5, 0.6) is 5.75 Å². The molecule has 2 aromatic carbocycles.